The molecule has 102 valence electrons. The van der Waals surface area contributed by atoms with Crippen molar-refractivity contribution in [2.45, 2.75) is 6.42 Å². The molecule has 0 saturated carbocycles. The van der Waals surface area contributed by atoms with E-state index >= 15 is 0 Å². The third-order valence-electron chi connectivity index (χ3n) is 2.90. The number of nitro groups is 1. The Morgan fingerprint density at radius 2 is 1.75 bits per heavy atom. The Bertz CT molecular complexity index is 591. The summed E-state index contributed by atoms with van der Waals surface area (Å²) in [5, 5.41) is 10.6. The number of para-hydroxylation sites is 1. The topological polar surface area (TPSA) is 52.4 Å². The Kier molecular flexibility index (Phi) is 4.50. The van der Waals surface area contributed by atoms with Crippen molar-refractivity contribution in [2.24, 2.45) is 0 Å². The molecule has 0 atom stereocenters. The number of benzene rings is 2. The Balaban J connectivity index is 1.87. The van der Waals surface area contributed by atoms with Crippen molar-refractivity contribution in [3.05, 3.63) is 76.9 Å². The maximum Gasteiger partial charge on any atom is 0.269 e. The number of rotatable bonds is 6. The second kappa shape index (κ2) is 6.52. The standard InChI is InChI=1S/C16H15NO3/c1-13(11-12-20-16-5-3-2-4-6-16)14-7-9-15(10-8-14)17(18)19/h2-10H,1,11-12H2. The fourth-order valence-corrected chi connectivity index (χ4v) is 1.77. The Morgan fingerprint density at radius 3 is 2.35 bits per heavy atom. The summed E-state index contributed by atoms with van der Waals surface area (Å²) in [4.78, 5) is 10.2. The van der Waals surface area contributed by atoms with Crippen LogP contribution in [0.15, 0.2) is 61.2 Å². The average Bonchev–Trinajstić information content (AvgIpc) is 2.48. The molecular weight excluding hydrogens is 254 g/mol. The van der Waals surface area contributed by atoms with Crippen LogP contribution in [0.5, 0.6) is 5.75 Å². The van der Waals surface area contributed by atoms with Gasteiger partial charge in [-0.25, -0.2) is 0 Å². The van der Waals surface area contributed by atoms with E-state index in [4.69, 9.17) is 4.74 Å². The van der Waals surface area contributed by atoms with Gasteiger partial charge in [0.25, 0.3) is 5.69 Å². The van der Waals surface area contributed by atoms with Crippen LogP contribution >= 0.6 is 0 Å². The van der Waals surface area contributed by atoms with E-state index in [1.165, 1.54) is 12.1 Å². The minimum absolute atomic E-state index is 0.0853. The molecule has 4 heteroatoms. The molecule has 0 bridgehead atoms. The third kappa shape index (κ3) is 3.68. The first-order chi connectivity index (χ1) is 9.66. The average molecular weight is 269 g/mol. The normalized spacial score (nSPS) is 10.0. The quantitative estimate of drug-likeness (QED) is 0.586. The predicted octanol–water partition coefficient (Wildman–Crippen LogP) is 4.08. The summed E-state index contributed by atoms with van der Waals surface area (Å²) in [5.41, 5.74) is 1.88. The second-order valence-corrected chi connectivity index (χ2v) is 4.32. The fraction of sp³-hybridized carbons (Fsp3) is 0.125. The second-order valence-electron chi connectivity index (χ2n) is 4.32. The molecule has 0 spiro atoms. The van der Waals surface area contributed by atoms with Crippen molar-refractivity contribution < 1.29 is 9.66 Å². The molecule has 0 radical (unpaired) electrons. The zero-order valence-electron chi connectivity index (χ0n) is 11.0. The highest BCUT2D eigenvalue weighted by Gasteiger charge is 2.05. The van der Waals surface area contributed by atoms with E-state index < -0.39 is 4.92 Å². The summed E-state index contributed by atoms with van der Waals surface area (Å²) in [6, 6.07) is 16.0. The monoisotopic (exact) mass is 269 g/mol. The molecule has 0 aromatic heterocycles. The first-order valence-electron chi connectivity index (χ1n) is 6.27. The van der Waals surface area contributed by atoms with Crippen molar-refractivity contribution in [3.63, 3.8) is 0 Å². The Hall–Kier alpha value is -2.62. The largest absolute Gasteiger partial charge is 0.493 e. The van der Waals surface area contributed by atoms with E-state index in [0.717, 1.165) is 16.9 Å². The van der Waals surface area contributed by atoms with Crippen LogP contribution in [-0.2, 0) is 0 Å². The van der Waals surface area contributed by atoms with E-state index in [1.54, 1.807) is 12.1 Å². The Labute approximate surface area is 117 Å². The van der Waals surface area contributed by atoms with Crippen LogP contribution < -0.4 is 4.74 Å². The van der Waals surface area contributed by atoms with Crippen LogP contribution in [0.2, 0.25) is 0 Å². The molecule has 20 heavy (non-hydrogen) atoms. The van der Waals surface area contributed by atoms with Gasteiger partial charge in [-0.05, 0) is 35.4 Å². The van der Waals surface area contributed by atoms with Gasteiger partial charge >= 0.3 is 0 Å². The molecule has 0 aliphatic heterocycles. The summed E-state index contributed by atoms with van der Waals surface area (Å²) in [6.07, 6.45) is 0.673. The smallest absolute Gasteiger partial charge is 0.269 e. The molecule has 0 fully saturated rings. The van der Waals surface area contributed by atoms with Crippen LogP contribution in [0.25, 0.3) is 5.57 Å². The summed E-state index contributed by atoms with van der Waals surface area (Å²) in [6.45, 7) is 4.51. The molecule has 2 aromatic rings. The number of ether oxygens (including phenoxy) is 1. The summed E-state index contributed by atoms with van der Waals surface area (Å²) < 4.78 is 5.59. The first kappa shape index (κ1) is 13.8. The lowest BCUT2D eigenvalue weighted by Gasteiger charge is -2.08. The highest BCUT2D eigenvalue weighted by Crippen LogP contribution is 2.20. The maximum atomic E-state index is 10.6. The maximum absolute atomic E-state index is 10.6. The van der Waals surface area contributed by atoms with Crippen LogP contribution in [0.1, 0.15) is 12.0 Å². The molecule has 0 heterocycles. The molecule has 0 amide bonds. The molecule has 0 saturated heterocycles. The molecule has 0 N–H and O–H groups in total. The highest BCUT2D eigenvalue weighted by atomic mass is 16.6. The zero-order valence-corrected chi connectivity index (χ0v) is 11.0. The number of nitro benzene ring substituents is 1. The lowest BCUT2D eigenvalue weighted by atomic mass is 10.0. The van der Waals surface area contributed by atoms with Gasteiger partial charge in [-0.1, -0.05) is 24.8 Å². The van der Waals surface area contributed by atoms with Crippen molar-refractivity contribution in [1.82, 2.24) is 0 Å². The van der Waals surface area contributed by atoms with Gasteiger partial charge in [-0.2, -0.15) is 0 Å². The van der Waals surface area contributed by atoms with Crippen LogP contribution in [0.3, 0.4) is 0 Å². The minimum atomic E-state index is -0.412. The third-order valence-corrected chi connectivity index (χ3v) is 2.90. The lowest BCUT2D eigenvalue weighted by Crippen LogP contribution is -1.98. The van der Waals surface area contributed by atoms with Gasteiger partial charge in [-0.15, -0.1) is 0 Å². The summed E-state index contributed by atoms with van der Waals surface area (Å²) >= 11 is 0. The van der Waals surface area contributed by atoms with Gasteiger partial charge in [0.15, 0.2) is 0 Å². The lowest BCUT2D eigenvalue weighted by molar-refractivity contribution is -0.384. The van der Waals surface area contributed by atoms with E-state index in [-0.39, 0.29) is 5.69 Å². The molecular formula is C16H15NO3. The van der Waals surface area contributed by atoms with Crippen LogP contribution in [-0.4, -0.2) is 11.5 Å². The van der Waals surface area contributed by atoms with Gasteiger partial charge in [0.1, 0.15) is 5.75 Å². The van der Waals surface area contributed by atoms with Crippen LogP contribution in [0.4, 0.5) is 5.69 Å². The number of hydrogen-bond acceptors (Lipinski definition) is 3. The molecule has 2 rings (SSSR count). The van der Waals surface area contributed by atoms with Gasteiger partial charge < -0.3 is 4.74 Å². The summed E-state index contributed by atoms with van der Waals surface area (Å²) in [5.74, 6) is 0.823. The first-order valence-corrected chi connectivity index (χ1v) is 6.27. The van der Waals surface area contributed by atoms with Gasteiger partial charge in [-0.3, -0.25) is 10.1 Å². The van der Waals surface area contributed by atoms with E-state index in [9.17, 15) is 10.1 Å². The molecule has 0 aliphatic rings. The molecule has 0 aliphatic carbocycles. The van der Waals surface area contributed by atoms with E-state index in [1.807, 2.05) is 30.3 Å². The van der Waals surface area contributed by atoms with Crippen LogP contribution in [0, 0.1) is 10.1 Å². The van der Waals surface area contributed by atoms with E-state index in [2.05, 4.69) is 6.58 Å². The Morgan fingerprint density at radius 1 is 1.10 bits per heavy atom. The predicted molar refractivity (Wildman–Crippen MR) is 78.7 cm³/mol. The van der Waals surface area contributed by atoms with E-state index in [0.29, 0.717) is 13.0 Å². The number of non-ortho nitro benzene ring substituents is 1. The number of nitrogens with zero attached hydrogens (tertiary/aromatic N) is 1. The van der Waals surface area contributed by atoms with Gasteiger partial charge in [0, 0.05) is 18.6 Å². The van der Waals surface area contributed by atoms with Crippen molar-refractivity contribution >= 4 is 11.3 Å². The van der Waals surface area contributed by atoms with Crippen molar-refractivity contribution in [3.8, 4) is 5.75 Å². The van der Waals surface area contributed by atoms with Gasteiger partial charge in [0.05, 0.1) is 11.5 Å². The highest BCUT2D eigenvalue weighted by molar-refractivity contribution is 5.64. The SMILES string of the molecule is C=C(CCOc1ccccc1)c1ccc([N+](=O)[O-])cc1. The molecule has 4 nitrogen and oxygen atoms in total. The van der Waals surface area contributed by atoms with Crippen molar-refractivity contribution in [1.29, 1.82) is 0 Å². The number of hydrogen-bond donors (Lipinski definition) is 0. The fourth-order valence-electron chi connectivity index (χ4n) is 1.77. The summed E-state index contributed by atoms with van der Waals surface area (Å²) in [7, 11) is 0. The van der Waals surface area contributed by atoms with Gasteiger partial charge in [0.2, 0.25) is 0 Å². The molecule has 2 aromatic carbocycles. The minimum Gasteiger partial charge on any atom is -0.493 e. The molecule has 0 unspecified atom stereocenters. The zero-order chi connectivity index (χ0) is 14.4. The van der Waals surface area contributed by atoms with Crippen molar-refractivity contribution in [2.75, 3.05) is 6.61 Å².